The first-order valence-electron chi connectivity index (χ1n) is 10.6. The van der Waals surface area contributed by atoms with Gasteiger partial charge in [-0.05, 0) is 56.7 Å². The maximum atomic E-state index is 12.9. The lowest BCUT2D eigenvalue weighted by Crippen LogP contribution is -2.18. The number of hydrogen-bond donors (Lipinski definition) is 1. The summed E-state index contributed by atoms with van der Waals surface area (Å²) in [4.78, 5) is 16.1. The van der Waals surface area contributed by atoms with Crippen LogP contribution in [0, 0.1) is 12.8 Å². The quantitative estimate of drug-likeness (QED) is 0.552. The molecule has 170 valence electrons. The third kappa shape index (κ3) is 4.28. The van der Waals surface area contributed by atoms with Crippen LogP contribution in [0.5, 0.6) is 5.75 Å². The highest BCUT2D eigenvalue weighted by molar-refractivity contribution is 6.05. The summed E-state index contributed by atoms with van der Waals surface area (Å²) in [5.41, 5.74) is 0.629. The summed E-state index contributed by atoms with van der Waals surface area (Å²) >= 11 is 0. The standard InChI is InChI=1S/C23H25F3N4O2/c1-13-7-9-15(10-8-13)30-14(2)16-11-19(20(32-3)12-18(16)29-30)28-22(31)17-5-4-6-21(27-17)23(24,25)26/h4-6,11-13,15H,7-10H2,1-3H3,(H,28,31). The molecule has 32 heavy (non-hydrogen) atoms. The SMILES string of the molecule is COc1cc2nn(C3CCC(C)CC3)c(C)c2cc1NC(=O)c1cccc(C(F)(F)F)n1. The highest BCUT2D eigenvalue weighted by atomic mass is 19.4. The minimum atomic E-state index is -4.63. The molecule has 0 unspecified atom stereocenters. The van der Waals surface area contributed by atoms with Gasteiger partial charge in [-0.3, -0.25) is 9.48 Å². The predicted molar refractivity (Wildman–Crippen MR) is 115 cm³/mol. The zero-order valence-corrected chi connectivity index (χ0v) is 18.2. The van der Waals surface area contributed by atoms with Crippen molar-refractivity contribution in [2.45, 2.75) is 51.7 Å². The molecule has 3 aromatic rings. The van der Waals surface area contributed by atoms with E-state index in [9.17, 15) is 18.0 Å². The molecular formula is C23H25F3N4O2. The van der Waals surface area contributed by atoms with Gasteiger partial charge in [-0.15, -0.1) is 0 Å². The van der Waals surface area contributed by atoms with Crippen molar-refractivity contribution in [2.24, 2.45) is 5.92 Å². The van der Waals surface area contributed by atoms with Gasteiger partial charge in [0.15, 0.2) is 0 Å². The number of anilines is 1. The Morgan fingerprint density at radius 2 is 1.91 bits per heavy atom. The van der Waals surface area contributed by atoms with Crippen LogP contribution in [0.2, 0.25) is 0 Å². The van der Waals surface area contributed by atoms with Crippen LogP contribution in [0.1, 0.15) is 60.5 Å². The molecule has 0 aliphatic heterocycles. The van der Waals surface area contributed by atoms with E-state index in [0.29, 0.717) is 17.5 Å². The largest absolute Gasteiger partial charge is 0.494 e. The van der Waals surface area contributed by atoms with Crippen LogP contribution in [0.3, 0.4) is 0 Å². The Morgan fingerprint density at radius 3 is 2.56 bits per heavy atom. The lowest BCUT2D eigenvalue weighted by molar-refractivity contribution is -0.141. The van der Waals surface area contributed by atoms with E-state index in [0.717, 1.165) is 60.3 Å². The number of pyridine rings is 1. The van der Waals surface area contributed by atoms with Crippen molar-refractivity contribution in [1.82, 2.24) is 14.8 Å². The number of ether oxygens (including phenoxy) is 1. The number of hydrogen-bond acceptors (Lipinski definition) is 4. The smallest absolute Gasteiger partial charge is 0.433 e. The number of amides is 1. The fraction of sp³-hybridized carbons (Fsp3) is 0.435. The zero-order valence-electron chi connectivity index (χ0n) is 18.2. The van der Waals surface area contributed by atoms with Crippen LogP contribution in [-0.2, 0) is 6.18 Å². The summed E-state index contributed by atoms with van der Waals surface area (Å²) in [6, 6.07) is 7.04. The number of aryl methyl sites for hydroxylation is 1. The number of alkyl halides is 3. The molecule has 9 heteroatoms. The molecule has 4 rings (SSSR count). The van der Waals surface area contributed by atoms with Crippen molar-refractivity contribution in [3.8, 4) is 5.75 Å². The van der Waals surface area contributed by atoms with E-state index in [1.54, 1.807) is 12.1 Å². The minimum absolute atomic E-state index is 0.328. The van der Waals surface area contributed by atoms with Gasteiger partial charge >= 0.3 is 6.18 Å². The Balaban J connectivity index is 1.65. The van der Waals surface area contributed by atoms with Crippen LogP contribution in [0.25, 0.3) is 10.9 Å². The second kappa shape index (κ2) is 8.44. The first-order valence-corrected chi connectivity index (χ1v) is 10.6. The Kier molecular flexibility index (Phi) is 5.83. The van der Waals surface area contributed by atoms with Crippen molar-refractivity contribution in [3.63, 3.8) is 0 Å². The Labute approximate surface area is 183 Å². The van der Waals surface area contributed by atoms with Gasteiger partial charge < -0.3 is 10.1 Å². The predicted octanol–water partition coefficient (Wildman–Crippen LogP) is 5.77. The topological polar surface area (TPSA) is 69.0 Å². The number of halogens is 3. The summed E-state index contributed by atoms with van der Waals surface area (Å²) < 4.78 is 46.3. The fourth-order valence-electron chi connectivity index (χ4n) is 4.27. The first kappa shape index (κ1) is 22.1. The van der Waals surface area contributed by atoms with E-state index < -0.39 is 17.8 Å². The van der Waals surface area contributed by atoms with Crippen LogP contribution in [0.15, 0.2) is 30.3 Å². The molecule has 1 amide bonds. The normalized spacial score (nSPS) is 19.2. The van der Waals surface area contributed by atoms with Gasteiger partial charge in [0.25, 0.3) is 5.91 Å². The number of nitrogens with zero attached hydrogens (tertiary/aromatic N) is 3. The molecule has 1 saturated carbocycles. The molecule has 1 aliphatic carbocycles. The van der Waals surface area contributed by atoms with Crippen molar-refractivity contribution < 1.29 is 22.7 Å². The number of fused-ring (bicyclic) bond motifs is 1. The number of nitrogens with one attached hydrogen (secondary N) is 1. The molecule has 1 N–H and O–H groups in total. The molecule has 0 atom stereocenters. The third-order valence-corrected chi connectivity index (χ3v) is 6.12. The summed E-state index contributed by atoms with van der Waals surface area (Å²) in [6.07, 6.45) is -0.171. The molecule has 0 radical (unpaired) electrons. The Hall–Kier alpha value is -3.10. The number of rotatable bonds is 4. The summed E-state index contributed by atoms with van der Waals surface area (Å²) in [6.45, 7) is 4.25. The van der Waals surface area contributed by atoms with Crippen molar-refractivity contribution >= 4 is 22.5 Å². The van der Waals surface area contributed by atoms with E-state index in [4.69, 9.17) is 9.84 Å². The van der Waals surface area contributed by atoms with E-state index >= 15 is 0 Å². The van der Waals surface area contributed by atoms with Gasteiger partial charge in [-0.25, -0.2) is 4.98 Å². The van der Waals surface area contributed by atoms with E-state index in [1.807, 2.05) is 6.92 Å². The zero-order chi connectivity index (χ0) is 23.0. The van der Waals surface area contributed by atoms with Gasteiger partial charge in [0, 0.05) is 17.1 Å². The lowest BCUT2D eigenvalue weighted by Gasteiger charge is -2.27. The molecule has 6 nitrogen and oxygen atoms in total. The van der Waals surface area contributed by atoms with Crippen LogP contribution in [0.4, 0.5) is 18.9 Å². The van der Waals surface area contributed by atoms with E-state index in [1.165, 1.54) is 13.2 Å². The lowest BCUT2D eigenvalue weighted by atomic mass is 9.87. The molecule has 1 aromatic carbocycles. The maximum Gasteiger partial charge on any atom is 0.433 e. The molecule has 2 heterocycles. The van der Waals surface area contributed by atoms with Crippen LogP contribution in [-0.4, -0.2) is 27.8 Å². The average molecular weight is 446 g/mol. The highest BCUT2D eigenvalue weighted by Crippen LogP contribution is 2.37. The van der Waals surface area contributed by atoms with Crippen molar-refractivity contribution in [1.29, 1.82) is 0 Å². The number of carbonyl (C=O) groups is 1. The summed E-state index contributed by atoms with van der Waals surface area (Å²) in [5.74, 6) is 0.350. The summed E-state index contributed by atoms with van der Waals surface area (Å²) in [7, 11) is 1.46. The summed E-state index contributed by atoms with van der Waals surface area (Å²) in [5, 5.41) is 8.27. The van der Waals surface area contributed by atoms with Gasteiger partial charge in [0.2, 0.25) is 0 Å². The van der Waals surface area contributed by atoms with Gasteiger partial charge in [0.1, 0.15) is 17.1 Å². The maximum absolute atomic E-state index is 12.9. The second-order valence-electron chi connectivity index (χ2n) is 8.37. The number of carbonyl (C=O) groups excluding carboxylic acids is 1. The third-order valence-electron chi connectivity index (χ3n) is 6.12. The van der Waals surface area contributed by atoms with Crippen molar-refractivity contribution in [2.75, 3.05) is 12.4 Å². The molecule has 1 fully saturated rings. The van der Waals surface area contributed by atoms with Crippen LogP contribution < -0.4 is 10.1 Å². The van der Waals surface area contributed by atoms with E-state index in [-0.39, 0.29) is 5.69 Å². The highest BCUT2D eigenvalue weighted by Gasteiger charge is 2.33. The number of aromatic nitrogens is 3. The van der Waals surface area contributed by atoms with Gasteiger partial charge in [-0.2, -0.15) is 18.3 Å². The molecule has 0 spiro atoms. The minimum Gasteiger partial charge on any atom is -0.494 e. The molecular weight excluding hydrogens is 421 g/mol. The molecule has 2 aromatic heterocycles. The van der Waals surface area contributed by atoms with Crippen LogP contribution >= 0.6 is 0 Å². The van der Waals surface area contributed by atoms with Gasteiger partial charge in [0.05, 0.1) is 24.4 Å². The average Bonchev–Trinajstić information content (AvgIpc) is 3.08. The Morgan fingerprint density at radius 1 is 1.19 bits per heavy atom. The molecule has 0 saturated heterocycles. The van der Waals surface area contributed by atoms with Gasteiger partial charge in [-0.1, -0.05) is 13.0 Å². The molecule has 1 aliphatic rings. The second-order valence-corrected chi connectivity index (χ2v) is 8.37. The Bertz CT molecular complexity index is 1150. The van der Waals surface area contributed by atoms with Crippen molar-refractivity contribution in [3.05, 3.63) is 47.4 Å². The number of methoxy groups -OCH3 is 1. The first-order chi connectivity index (χ1) is 15.2. The monoisotopic (exact) mass is 446 g/mol. The van der Waals surface area contributed by atoms with E-state index in [2.05, 4.69) is 21.9 Å². The number of benzene rings is 1. The fourth-order valence-corrected chi connectivity index (χ4v) is 4.27. The molecule has 0 bridgehead atoms.